The van der Waals surface area contributed by atoms with Gasteiger partial charge in [0, 0.05) is 18.2 Å². The molecule has 0 aliphatic heterocycles. The minimum Gasteiger partial charge on any atom is -0.457 e. The Balaban J connectivity index is 1.44. The SMILES string of the molecule is CC(=O)NCc1ccc(C(=O)COC(=O)CCc2nc3ccccc3o2)s1. The summed E-state index contributed by atoms with van der Waals surface area (Å²) in [6, 6.07) is 10.8. The maximum atomic E-state index is 12.1. The van der Waals surface area contributed by atoms with Crippen LogP contribution in [-0.4, -0.2) is 29.3 Å². The Kier molecular flexibility index (Phi) is 5.97. The lowest BCUT2D eigenvalue weighted by Gasteiger charge is -2.02. The number of amides is 1. The first-order chi connectivity index (χ1) is 13.0. The molecular formula is C19H18N2O5S. The van der Waals surface area contributed by atoms with Crippen LogP contribution in [-0.2, 0) is 27.3 Å². The molecule has 1 amide bonds. The van der Waals surface area contributed by atoms with Crippen molar-refractivity contribution in [1.29, 1.82) is 0 Å². The molecular weight excluding hydrogens is 368 g/mol. The lowest BCUT2D eigenvalue weighted by molar-refractivity contribution is -0.142. The number of Topliss-reactive ketones (excluding diaryl/α,β-unsaturated/α-hetero) is 1. The highest BCUT2D eigenvalue weighted by atomic mass is 32.1. The van der Waals surface area contributed by atoms with Crippen LogP contribution in [0.15, 0.2) is 40.8 Å². The summed E-state index contributed by atoms with van der Waals surface area (Å²) >= 11 is 1.27. The maximum absolute atomic E-state index is 12.1. The number of nitrogens with zero attached hydrogens (tertiary/aromatic N) is 1. The predicted molar refractivity (Wildman–Crippen MR) is 99.5 cm³/mol. The highest BCUT2D eigenvalue weighted by molar-refractivity contribution is 7.14. The molecule has 27 heavy (non-hydrogen) atoms. The van der Waals surface area contributed by atoms with Gasteiger partial charge in [0.05, 0.1) is 17.8 Å². The van der Waals surface area contributed by atoms with Crippen LogP contribution in [0.2, 0.25) is 0 Å². The van der Waals surface area contributed by atoms with Crippen molar-refractivity contribution >= 4 is 40.1 Å². The van der Waals surface area contributed by atoms with Gasteiger partial charge >= 0.3 is 5.97 Å². The molecule has 1 N–H and O–H groups in total. The highest BCUT2D eigenvalue weighted by Gasteiger charge is 2.14. The van der Waals surface area contributed by atoms with Crippen molar-refractivity contribution in [2.24, 2.45) is 0 Å². The van der Waals surface area contributed by atoms with E-state index < -0.39 is 5.97 Å². The summed E-state index contributed by atoms with van der Waals surface area (Å²) in [5.41, 5.74) is 1.41. The average molecular weight is 386 g/mol. The van der Waals surface area contributed by atoms with E-state index in [0.717, 1.165) is 10.4 Å². The molecule has 0 spiro atoms. The highest BCUT2D eigenvalue weighted by Crippen LogP contribution is 2.18. The van der Waals surface area contributed by atoms with E-state index in [1.165, 1.54) is 18.3 Å². The van der Waals surface area contributed by atoms with E-state index in [1.54, 1.807) is 12.1 Å². The number of aromatic nitrogens is 1. The molecule has 2 heterocycles. The van der Waals surface area contributed by atoms with Crippen LogP contribution < -0.4 is 5.32 Å². The Labute approximate surface area is 159 Å². The van der Waals surface area contributed by atoms with Crippen LogP contribution in [0.4, 0.5) is 0 Å². The van der Waals surface area contributed by atoms with Crippen LogP contribution >= 0.6 is 11.3 Å². The van der Waals surface area contributed by atoms with Crippen LogP contribution in [0.1, 0.15) is 33.8 Å². The number of nitrogens with one attached hydrogen (secondary N) is 1. The standard InChI is InChI=1S/C19H18N2O5S/c1-12(22)20-10-13-6-7-17(27-13)15(23)11-25-19(24)9-8-18-21-14-4-2-3-5-16(14)26-18/h2-7H,8-11H2,1H3,(H,20,22). The van der Waals surface area contributed by atoms with Gasteiger partial charge in [0.15, 0.2) is 18.1 Å². The van der Waals surface area contributed by atoms with Crippen LogP contribution in [0.5, 0.6) is 0 Å². The topological polar surface area (TPSA) is 98.5 Å². The number of carbonyl (C=O) groups is 3. The van der Waals surface area contributed by atoms with Crippen molar-refractivity contribution in [1.82, 2.24) is 10.3 Å². The average Bonchev–Trinajstić information content (AvgIpc) is 3.29. The van der Waals surface area contributed by atoms with E-state index in [0.29, 0.717) is 29.3 Å². The third kappa shape index (κ3) is 5.24. The first kappa shape index (κ1) is 18.8. The lowest BCUT2D eigenvalue weighted by Crippen LogP contribution is -2.18. The number of benzene rings is 1. The van der Waals surface area contributed by atoms with E-state index in [1.807, 2.05) is 24.3 Å². The third-order valence-electron chi connectivity index (χ3n) is 3.69. The molecule has 8 heteroatoms. The van der Waals surface area contributed by atoms with Gasteiger partial charge in [-0.25, -0.2) is 4.98 Å². The molecule has 3 rings (SSSR count). The van der Waals surface area contributed by atoms with E-state index >= 15 is 0 Å². The first-order valence-corrected chi connectivity index (χ1v) is 9.19. The second-order valence-electron chi connectivity index (χ2n) is 5.83. The van der Waals surface area contributed by atoms with Crippen molar-refractivity contribution in [3.8, 4) is 0 Å². The number of fused-ring (bicyclic) bond motifs is 1. The normalized spacial score (nSPS) is 10.7. The number of oxazole rings is 1. The van der Waals surface area contributed by atoms with Crippen molar-refractivity contribution in [2.45, 2.75) is 26.3 Å². The van der Waals surface area contributed by atoms with Crippen LogP contribution in [0, 0.1) is 0 Å². The second-order valence-corrected chi connectivity index (χ2v) is 7.00. The van der Waals surface area contributed by atoms with Gasteiger partial charge < -0.3 is 14.5 Å². The fourth-order valence-electron chi connectivity index (χ4n) is 2.36. The Morgan fingerprint density at radius 3 is 2.78 bits per heavy atom. The molecule has 0 fully saturated rings. The summed E-state index contributed by atoms with van der Waals surface area (Å²) < 4.78 is 10.6. The van der Waals surface area contributed by atoms with Gasteiger partial charge in [-0.3, -0.25) is 14.4 Å². The Morgan fingerprint density at radius 2 is 2.00 bits per heavy atom. The van der Waals surface area contributed by atoms with Gasteiger partial charge in [-0.05, 0) is 24.3 Å². The molecule has 0 bridgehead atoms. The number of thiophene rings is 1. The molecule has 0 radical (unpaired) electrons. The number of hydrogen-bond donors (Lipinski definition) is 1. The Hall–Kier alpha value is -3.00. The van der Waals surface area contributed by atoms with Gasteiger partial charge in [-0.2, -0.15) is 0 Å². The number of ketones is 1. The molecule has 0 saturated heterocycles. The zero-order valence-corrected chi connectivity index (χ0v) is 15.5. The molecule has 3 aromatic rings. The minimum absolute atomic E-state index is 0.0817. The van der Waals surface area contributed by atoms with Crippen molar-refractivity contribution in [3.05, 3.63) is 52.0 Å². The summed E-state index contributed by atoms with van der Waals surface area (Å²) in [5.74, 6) is -0.436. The van der Waals surface area contributed by atoms with Crippen molar-refractivity contribution < 1.29 is 23.5 Å². The minimum atomic E-state index is -0.486. The molecule has 0 unspecified atom stereocenters. The Bertz CT molecular complexity index is 942. The summed E-state index contributed by atoms with van der Waals surface area (Å²) in [7, 11) is 0. The maximum Gasteiger partial charge on any atom is 0.306 e. The predicted octanol–water partition coefficient (Wildman–Crippen LogP) is 2.88. The van der Waals surface area contributed by atoms with Gasteiger partial charge in [0.25, 0.3) is 0 Å². The molecule has 140 valence electrons. The molecule has 1 aromatic carbocycles. The van der Waals surface area contributed by atoms with E-state index in [2.05, 4.69) is 10.3 Å². The van der Waals surface area contributed by atoms with Gasteiger partial charge in [-0.15, -0.1) is 11.3 Å². The van der Waals surface area contributed by atoms with Crippen molar-refractivity contribution in [2.75, 3.05) is 6.61 Å². The number of esters is 1. The second kappa shape index (κ2) is 8.59. The fourth-order valence-corrected chi connectivity index (χ4v) is 3.23. The smallest absolute Gasteiger partial charge is 0.306 e. The molecule has 0 aliphatic carbocycles. The summed E-state index contributed by atoms with van der Waals surface area (Å²) in [5, 5.41) is 2.67. The Morgan fingerprint density at radius 1 is 1.19 bits per heavy atom. The van der Waals surface area contributed by atoms with Gasteiger partial charge in [0.1, 0.15) is 5.52 Å². The quantitative estimate of drug-likeness (QED) is 0.472. The van der Waals surface area contributed by atoms with Crippen LogP contribution in [0.3, 0.4) is 0 Å². The number of rotatable bonds is 8. The summed E-state index contributed by atoms with van der Waals surface area (Å²) in [6.45, 7) is 1.49. The van der Waals surface area contributed by atoms with Gasteiger partial charge in [0.2, 0.25) is 11.7 Å². The molecule has 0 aliphatic rings. The fraction of sp³-hybridized carbons (Fsp3) is 0.263. The molecule has 7 nitrogen and oxygen atoms in total. The largest absolute Gasteiger partial charge is 0.457 e. The van der Waals surface area contributed by atoms with E-state index in [-0.39, 0.29) is 24.7 Å². The summed E-state index contributed by atoms with van der Waals surface area (Å²) in [6.07, 6.45) is 0.389. The zero-order chi connectivity index (χ0) is 19.2. The first-order valence-electron chi connectivity index (χ1n) is 8.37. The number of para-hydroxylation sites is 2. The number of carbonyl (C=O) groups excluding carboxylic acids is 3. The van der Waals surface area contributed by atoms with Gasteiger partial charge in [-0.1, -0.05) is 12.1 Å². The number of aryl methyl sites for hydroxylation is 1. The third-order valence-corrected chi connectivity index (χ3v) is 4.82. The molecule has 0 saturated carbocycles. The van der Waals surface area contributed by atoms with E-state index in [4.69, 9.17) is 9.15 Å². The molecule has 2 aromatic heterocycles. The number of ether oxygens (including phenoxy) is 1. The van der Waals surface area contributed by atoms with Crippen molar-refractivity contribution in [3.63, 3.8) is 0 Å². The summed E-state index contributed by atoms with van der Waals surface area (Å²) in [4.78, 5) is 40.5. The lowest BCUT2D eigenvalue weighted by atomic mass is 10.3. The van der Waals surface area contributed by atoms with E-state index in [9.17, 15) is 14.4 Å². The number of hydrogen-bond acceptors (Lipinski definition) is 7. The monoisotopic (exact) mass is 386 g/mol. The van der Waals surface area contributed by atoms with Crippen LogP contribution in [0.25, 0.3) is 11.1 Å². The zero-order valence-electron chi connectivity index (χ0n) is 14.7. The molecule has 0 atom stereocenters.